The van der Waals surface area contributed by atoms with Gasteiger partial charge in [-0.05, 0) is 65.8 Å². The van der Waals surface area contributed by atoms with Gasteiger partial charge in [0.2, 0.25) is 0 Å². The summed E-state index contributed by atoms with van der Waals surface area (Å²) >= 11 is 0. The van der Waals surface area contributed by atoms with E-state index < -0.39 is 81.0 Å². The summed E-state index contributed by atoms with van der Waals surface area (Å²) in [4.78, 5) is 69.5. The van der Waals surface area contributed by atoms with E-state index >= 15 is 0 Å². The lowest BCUT2D eigenvalue weighted by Crippen LogP contribution is -2.81. The van der Waals surface area contributed by atoms with Crippen LogP contribution in [-0.4, -0.2) is 55.9 Å². The van der Waals surface area contributed by atoms with Crippen LogP contribution in [0, 0.1) is 34.5 Å². The number of rotatable bonds is 6. The van der Waals surface area contributed by atoms with E-state index in [1.807, 2.05) is 0 Å². The zero-order chi connectivity index (χ0) is 35.2. The maximum absolute atomic E-state index is 14.7. The predicted molar refractivity (Wildman–Crippen MR) is 179 cm³/mol. The summed E-state index contributed by atoms with van der Waals surface area (Å²) in [5.74, 6) is -11.1. The number of benzene rings is 2. The van der Waals surface area contributed by atoms with E-state index in [1.54, 1.807) is 39.8 Å². The van der Waals surface area contributed by atoms with Gasteiger partial charge in [-0.25, -0.2) is 0 Å². The molecule has 8 nitrogen and oxygen atoms in total. The molecule has 3 N–H and O–H groups in total. The summed E-state index contributed by atoms with van der Waals surface area (Å²) in [5, 5.41) is 36.3. The Morgan fingerprint density at radius 3 is 2.23 bits per heavy atom. The van der Waals surface area contributed by atoms with Crippen LogP contribution in [0.1, 0.15) is 93.4 Å². The van der Waals surface area contributed by atoms with Crippen LogP contribution in [0.2, 0.25) is 0 Å². The molecule has 2 fully saturated rings. The number of aromatic hydroxyl groups is 1. The van der Waals surface area contributed by atoms with Crippen molar-refractivity contribution in [1.29, 1.82) is 0 Å². The van der Waals surface area contributed by atoms with Crippen molar-refractivity contribution in [3.63, 3.8) is 0 Å². The number of aliphatic hydroxyl groups excluding tert-OH is 1. The highest BCUT2D eigenvalue weighted by Crippen LogP contribution is 2.66. The van der Waals surface area contributed by atoms with Gasteiger partial charge in [-0.2, -0.15) is 0 Å². The number of phenolic OH excluding ortho intramolecular Hbond substituents is 1. The van der Waals surface area contributed by atoms with Gasteiger partial charge >= 0.3 is 0 Å². The van der Waals surface area contributed by atoms with Gasteiger partial charge in [-0.3, -0.25) is 24.0 Å². The van der Waals surface area contributed by atoms with Gasteiger partial charge in [0.1, 0.15) is 17.5 Å². The van der Waals surface area contributed by atoms with Gasteiger partial charge in [-0.1, -0.05) is 95.7 Å². The molecule has 0 bridgehead atoms. The maximum Gasteiger partial charge on any atom is 0.191 e. The highest BCUT2D eigenvalue weighted by Gasteiger charge is 2.80. The van der Waals surface area contributed by atoms with Crippen molar-refractivity contribution in [2.24, 2.45) is 34.5 Å². The topological polar surface area (TPSA) is 146 Å². The monoisotopic (exact) mass is 652 g/mol. The van der Waals surface area contributed by atoms with Crippen molar-refractivity contribution < 1.29 is 39.3 Å². The number of aryl methyl sites for hydroxylation is 1. The van der Waals surface area contributed by atoms with Crippen LogP contribution in [0.3, 0.4) is 0 Å². The quantitative estimate of drug-likeness (QED) is 0.364. The average Bonchev–Trinajstić information content (AvgIpc) is 3.50. The van der Waals surface area contributed by atoms with E-state index in [1.165, 1.54) is 12.5 Å². The molecule has 6 rings (SSSR count). The molecular weight excluding hydrogens is 608 g/mol. The third-order valence-electron chi connectivity index (χ3n) is 12.4. The van der Waals surface area contributed by atoms with Crippen molar-refractivity contribution in [3.05, 3.63) is 81.9 Å². The molecule has 0 saturated heterocycles. The maximum atomic E-state index is 14.7. The van der Waals surface area contributed by atoms with Gasteiger partial charge in [0.15, 0.2) is 28.7 Å². The number of carbonyl (C=O) groups is 5. The lowest BCUT2D eigenvalue weighted by molar-refractivity contribution is -0.240. The third-order valence-corrected chi connectivity index (χ3v) is 12.4. The zero-order valence-electron chi connectivity index (χ0n) is 28.6. The van der Waals surface area contributed by atoms with Crippen LogP contribution >= 0.6 is 0 Å². The van der Waals surface area contributed by atoms with Crippen LogP contribution in [0.15, 0.2) is 54.1 Å². The van der Waals surface area contributed by atoms with Crippen LogP contribution < -0.4 is 0 Å². The Morgan fingerprint density at radius 2 is 1.65 bits per heavy atom. The fourth-order valence-electron chi connectivity index (χ4n) is 9.62. The number of aliphatic hydroxyl groups is 2. The van der Waals surface area contributed by atoms with Gasteiger partial charge in [0, 0.05) is 16.7 Å². The van der Waals surface area contributed by atoms with E-state index in [2.05, 4.69) is 43.3 Å². The fraction of sp³-hybridized carbons (Fsp3) is 0.475. The number of hydrogen-bond acceptors (Lipinski definition) is 8. The number of ketones is 5. The number of hydrogen-bond donors (Lipinski definition) is 3. The first-order chi connectivity index (χ1) is 22.5. The Labute approximate surface area is 280 Å². The van der Waals surface area contributed by atoms with Crippen molar-refractivity contribution in [2.45, 2.75) is 85.4 Å². The van der Waals surface area contributed by atoms with Gasteiger partial charge < -0.3 is 15.3 Å². The number of Topliss-reactive ketones (excluding diaryl/α,β-unsaturated/α-hetero) is 5. The van der Waals surface area contributed by atoms with Crippen molar-refractivity contribution in [3.8, 4) is 5.75 Å². The summed E-state index contributed by atoms with van der Waals surface area (Å²) in [6.45, 7) is 11.2. The second-order valence-electron chi connectivity index (χ2n) is 15.1. The molecule has 8 atom stereocenters. The van der Waals surface area contributed by atoms with Crippen LogP contribution in [-0.2, 0) is 32.0 Å². The Morgan fingerprint density at radius 1 is 1.00 bits per heavy atom. The molecule has 48 heavy (non-hydrogen) atoms. The van der Waals surface area contributed by atoms with E-state index in [-0.39, 0.29) is 11.3 Å². The first-order valence-electron chi connectivity index (χ1n) is 16.9. The van der Waals surface area contributed by atoms with E-state index in [9.17, 15) is 39.3 Å². The molecule has 0 heterocycles. The van der Waals surface area contributed by atoms with Gasteiger partial charge in [-0.15, -0.1) is 0 Å². The number of allylic oxidation sites excluding steroid dienone is 4. The second kappa shape index (κ2) is 11.3. The zero-order valence-corrected chi connectivity index (χ0v) is 28.6. The first kappa shape index (κ1) is 33.9. The summed E-state index contributed by atoms with van der Waals surface area (Å²) in [5.41, 5.74) is -1.26. The minimum absolute atomic E-state index is 0.0694. The molecule has 0 radical (unpaired) electrons. The molecule has 8 heteroatoms. The molecule has 4 aliphatic rings. The Hall–Kier alpha value is -4.01. The highest BCUT2D eigenvalue weighted by atomic mass is 16.3. The first-order valence-corrected chi connectivity index (χ1v) is 16.9. The van der Waals surface area contributed by atoms with E-state index in [0.29, 0.717) is 24.0 Å². The molecule has 0 aromatic heterocycles. The largest absolute Gasteiger partial charge is 0.507 e. The lowest BCUT2D eigenvalue weighted by atomic mass is 9.37. The summed E-state index contributed by atoms with van der Waals surface area (Å²) in [6.07, 6.45) is 4.48. The average molecular weight is 653 g/mol. The number of carbonyl (C=O) groups excluding carboxylic acids is 5. The normalized spacial score (nSPS) is 34.4. The lowest BCUT2D eigenvalue weighted by Gasteiger charge is -2.65. The Balaban J connectivity index is 1.42. The van der Waals surface area contributed by atoms with Crippen LogP contribution in [0.5, 0.6) is 5.75 Å². The van der Waals surface area contributed by atoms with E-state index in [4.69, 9.17) is 0 Å². The standard InChI is InChI=1S/C40H44O8/c1-8-22-9-12-24(13-10-22)25-14-11-23(17-25)18-26-15-16-27-20(4)38(6)31(34(44)29(27)32(26)42)36(46)40(48)35(45)28(21(5)41)33(43)30(19(2)3)39(40,7)37(38)47/h9-10,12-17,19-20,28,30-31,37,42,47-48H,8,11,18H2,1-7H3/t20-,28?,30?,31?,37-,38+,39+,40+/m1/s1. The predicted octanol–water partition coefficient (Wildman–Crippen LogP) is 5.14. The highest BCUT2D eigenvalue weighted by molar-refractivity contribution is 6.33. The number of phenols is 1. The van der Waals surface area contributed by atoms with Gasteiger partial charge in [0.05, 0.1) is 17.6 Å². The van der Waals surface area contributed by atoms with E-state index in [0.717, 1.165) is 30.1 Å². The minimum Gasteiger partial charge on any atom is -0.507 e. The molecule has 2 aromatic rings. The second-order valence-corrected chi connectivity index (χ2v) is 15.1. The Bertz CT molecular complexity index is 1850. The fourth-order valence-corrected chi connectivity index (χ4v) is 9.62. The van der Waals surface area contributed by atoms with Crippen molar-refractivity contribution >= 4 is 34.5 Å². The Kier molecular flexibility index (Phi) is 7.96. The molecule has 0 amide bonds. The molecule has 3 unspecified atom stereocenters. The molecule has 252 valence electrons. The number of fused-ring (bicyclic) bond motifs is 3. The molecular formula is C40H44O8. The van der Waals surface area contributed by atoms with Crippen molar-refractivity contribution in [2.75, 3.05) is 0 Å². The molecule has 0 aliphatic heterocycles. The molecule has 0 spiro atoms. The third kappa shape index (κ3) is 4.24. The summed E-state index contributed by atoms with van der Waals surface area (Å²) < 4.78 is 0. The molecule has 2 aromatic carbocycles. The summed E-state index contributed by atoms with van der Waals surface area (Å²) in [7, 11) is 0. The SMILES string of the molecule is CCc1ccc(C2=CCC(Cc3ccc4c(c3O)C(=O)C3C(=O)[C@@]5(O)C(=O)C(C(C)=O)C(=O)C(C(C)C)[C@@]5(C)[C@H](O)[C@@]3(C)[C@@H]4C)=C2)cc1. The molecule has 4 aliphatic carbocycles. The van der Waals surface area contributed by atoms with Crippen LogP contribution in [0.4, 0.5) is 0 Å². The summed E-state index contributed by atoms with van der Waals surface area (Å²) in [6, 6.07) is 11.9. The molecule has 2 saturated carbocycles. The van der Waals surface area contributed by atoms with Gasteiger partial charge in [0.25, 0.3) is 0 Å². The van der Waals surface area contributed by atoms with Crippen molar-refractivity contribution in [1.82, 2.24) is 0 Å². The minimum atomic E-state index is -2.98. The van der Waals surface area contributed by atoms with Crippen LogP contribution in [0.25, 0.3) is 5.57 Å². The smallest absolute Gasteiger partial charge is 0.191 e.